The number of fused-ring (bicyclic) bond motifs is 5. The lowest BCUT2D eigenvalue weighted by molar-refractivity contribution is 0.540. The molecule has 4 unspecified atom stereocenters. The summed E-state index contributed by atoms with van der Waals surface area (Å²) in [6.45, 7) is 4.01. The standard InChI is InChI=1S/C38H33NS/c1-39-35(25-34(26-12-4-2-5-13-26)27-14-6-3-7-15-27)30-18-10-17-29(24-30)31-20-11-21-36-37(31)33-23-22-28-16-8-9-19-32(28)38(33)40-36/h2,4-6,8-19,21-25,31,34,36-37H,1,3,7,20H2/b35-25-. The Morgan fingerprint density at radius 2 is 1.77 bits per heavy atom. The number of rotatable bonds is 6. The van der Waals surface area contributed by atoms with Gasteiger partial charge in [0.15, 0.2) is 0 Å². The molecule has 0 amide bonds. The molecule has 0 spiro atoms. The van der Waals surface area contributed by atoms with Gasteiger partial charge >= 0.3 is 0 Å². The van der Waals surface area contributed by atoms with Gasteiger partial charge < -0.3 is 0 Å². The van der Waals surface area contributed by atoms with Gasteiger partial charge in [0.25, 0.3) is 0 Å². The fourth-order valence-corrected chi connectivity index (χ4v) is 8.33. The van der Waals surface area contributed by atoms with Crippen LogP contribution in [0, 0.1) is 0 Å². The van der Waals surface area contributed by atoms with E-state index in [1.165, 1.54) is 37.9 Å². The van der Waals surface area contributed by atoms with Gasteiger partial charge in [0.05, 0.1) is 5.70 Å². The van der Waals surface area contributed by atoms with Crippen molar-refractivity contribution in [2.24, 2.45) is 4.99 Å². The van der Waals surface area contributed by atoms with Crippen molar-refractivity contribution >= 4 is 34.9 Å². The minimum atomic E-state index is 0.148. The van der Waals surface area contributed by atoms with Crippen LogP contribution in [0.15, 0.2) is 143 Å². The molecule has 4 aromatic rings. The van der Waals surface area contributed by atoms with E-state index in [4.69, 9.17) is 0 Å². The Labute approximate surface area is 241 Å². The van der Waals surface area contributed by atoms with Gasteiger partial charge in [-0.1, -0.05) is 115 Å². The van der Waals surface area contributed by atoms with E-state index in [1.807, 2.05) is 11.8 Å². The topological polar surface area (TPSA) is 12.4 Å². The van der Waals surface area contributed by atoms with Crippen LogP contribution in [0.3, 0.4) is 0 Å². The van der Waals surface area contributed by atoms with Gasteiger partial charge in [-0.15, -0.1) is 11.8 Å². The Bertz CT molecular complexity index is 1690. The minimum absolute atomic E-state index is 0.148. The Morgan fingerprint density at radius 3 is 2.62 bits per heavy atom. The highest BCUT2D eigenvalue weighted by atomic mass is 32.2. The number of allylic oxidation sites excluding steroid dienone is 6. The van der Waals surface area contributed by atoms with Crippen molar-refractivity contribution in [1.29, 1.82) is 0 Å². The molecule has 0 bridgehead atoms. The second kappa shape index (κ2) is 10.9. The first-order chi connectivity index (χ1) is 19.8. The Morgan fingerprint density at radius 1 is 0.900 bits per heavy atom. The van der Waals surface area contributed by atoms with E-state index < -0.39 is 0 Å². The molecular formula is C38H33NS. The number of thioether (sulfide) groups is 1. The van der Waals surface area contributed by atoms with Crippen LogP contribution in [0.5, 0.6) is 0 Å². The van der Waals surface area contributed by atoms with E-state index in [0.717, 1.165) is 30.5 Å². The highest BCUT2D eigenvalue weighted by molar-refractivity contribution is 8.00. The average molecular weight is 536 g/mol. The number of aliphatic imine (C=N–C) groups is 1. The van der Waals surface area contributed by atoms with Crippen LogP contribution in [0.2, 0.25) is 0 Å². The third-order valence-electron chi connectivity index (χ3n) is 8.67. The maximum absolute atomic E-state index is 4.58. The van der Waals surface area contributed by atoms with Crippen LogP contribution in [0.25, 0.3) is 16.5 Å². The minimum Gasteiger partial charge on any atom is -0.264 e. The van der Waals surface area contributed by atoms with Gasteiger partial charge in [-0.05, 0) is 77.1 Å². The molecule has 7 rings (SSSR count). The summed E-state index contributed by atoms with van der Waals surface area (Å²) in [5, 5.41) is 3.19. The lowest BCUT2D eigenvalue weighted by atomic mass is 9.74. The van der Waals surface area contributed by atoms with Gasteiger partial charge in [0.2, 0.25) is 0 Å². The van der Waals surface area contributed by atoms with Crippen molar-refractivity contribution < 1.29 is 0 Å². The largest absolute Gasteiger partial charge is 0.264 e. The number of benzene rings is 4. The van der Waals surface area contributed by atoms with E-state index in [1.54, 1.807) is 0 Å². The zero-order chi connectivity index (χ0) is 26.9. The molecule has 40 heavy (non-hydrogen) atoms. The molecule has 4 atom stereocenters. The van der Waals surface area contributed by atoms with Crippen LogP contribution in [-0.2, 0) is 0 Å². The molecule has 1 aliphatic heterocycles. The van der Waals surface area contributed by atoms with Crippen molar-refractivity contribution in [2.45, 2.75) is 47.2 Å². The van der Waals surface area contributed by atoms with Gasteiger partial charge in [0.1, 0.15) is 0 Å². The van der Waals surface area contributed by atoms with Crippen molar-refractivity contribution in [1.82, 2.24) is 0 Å². The molecule has 0 fully saturated rings. The normalized spacial score (nSPS) is 22.4. The van der Waals surface area contributed by atoms with Crippen LogP contribution in [0.4, 0.5) is 0 Å². The molecule has 0 N–H and O–H groups in total. The maximum Gasteiger partial charge on any atom is 0.0664 e. The Hall–Kier alpha value is -3.88. The third-order valence-corrected chi connectivity index (χ3v) is 10.1. The molecule has 2 aliphatic carbocycles. The second-order valence-corrected chi connectivity index (χ2v) is 12.2. The number of nitrogens with zero attached hydrogens (tertiary/aromatic N) is 1. The molecule has 2 heteroatoms. The molecular weight excluding hydrogens is 502 g/mol. The monoisotopic (exact) mass is 535 g/mol. The summed E-state index contributed by atoms with van der Waals surface area (Å²) in [5.41, 5.74) is 7.61. The highest BCUT2D eigenvalue weighted by Gasteiger charge is 2.40. The van der Waals surface area contributed by atoms with Gasteiger partial charge in [-0.2, -0.15) is 0 Å². The Kier molecular flexibility index (Phi) is 6.87. The quantitative estimate of drug-likeness (QED) is 0.177. The van der Waals surface area contributed by atoms with Gasteiger partial charge in [-0.3, -0.25) is 4.99 Å². The lowest BCUT2D eigenvalue weighted by Gasteiger charge is -2.31. The molecule has 0 aromatic heterocycles. The van der Waals surface area contributed by atoms with Crippen LogP contribution in [-0.4, -0.2) is 12.0 Å². The summed E-state index contributed by atoms with van der Waals surface area (Å²) in [5.74, 6) is 1.06. The smallest absolute Gasteiger partial charge is 0.0664 e. The van der Waals surface area contributed by atoms with E-state index in [9.17, 15) is 0 Å². The first kappa shape index (κ1) is 25.1. The highest BCUT2D eigenvalue weighted by Crippen LogP contribution is 2.56. The van der Waals surface area contributed by atoms with Gasteiger partial charge in [0, 0.05) is 27.5 Å². The number of hydrogen-bond donors (Lipinski definition) is 0. The summed E-state index contributed by atoms with van der Waals surface area (Å²) in [7, 11) is 0. The fraction of sp³-hybridized carbons (Fsp3) is 0.184. The van der Waals surface area contributed by atoms with E-state index >= 15 is 0 Å². The van der Waals surface area contributed by atoms with E-state index in [-0.39, 0.29) is 5.92 Å². The van der Waals surface area contributed by atoms with Crippen LogP contribution in [0.1, 0.15) is 59.3 Å². The first-order valence-corrected chi connectivity index (χ1v) is 15.2. The number of hydrogen-bond acceptors (Lipinski definition) is 2. The zero-order valence-electron chi connectivity index (χ0n) is 22.6. The Balaban J connectivity index is 1.27. The van der Waals surface area contributed by atoms with E-state index in [0.29, 0.717) is 17.1 Å². The lowest BCUT2D eigenvalue weighted by Crippen LogP contribution is -2.20. The predicted octanol–water partition coefficient (Wildman–Crippen LogP) is 10.2. The second-order valence-electron chi connectivity index (χ2n) is 11.0. The van der Waals surface area contributed by atoms with Crippen molar-refractivity contribution in [2.75, 3.05) is 0 Å². The van der Waals surface area contributed by atoms with Crippen molar-refractivity contribution in [3.05, 3.63) is 155 Å². The summed E-state index contributed by atoms with van der Waals surface area (Å²) >= 11 is 2.05. The summed E-state index contributed by atoms with van der Waals surface area (Å²) in [6.07, 6.45) is 17.3. The molecule has 0 saturated heterocycles. The van der Waals surface area contributed by atoms with Crippen LogP contribution >= 0.6 is 11.8 Å². The molecule has 4 aromatic carbocycles. The molecule has 1 nitrogen and oxygen atoms in total. The van der Waals surface area contributed by atoms with E-state index in [2.05, 4.69) is 139 Å². The first-order valence-electron chi connectivity index (χ1n) is 14.4. The van der Waals surface area contributed by atoms with Gasteiger partial charge in [-0.25, -0.2) is 0 Å². The molecule has 0 saturated carbocycles. The average Bonchev–Trinajstić information content (AvgIpc) is 3.42. The summed E-state index contributed by atoms with van der Waals surface area (Å²) in [4.78, 5) is 6.05. The maximum atomic E-state index is 4.58. The molecule has 3 aliphatic rings. The van der Waals surface area contributed by atoms with Crippen LogP contribution < -0.4 is 0 Å². The van der Waals surface area contributed by atoms with Crippen molar-refractivity contribution in [3.63, 3.8) is 0 Å². The fourth-order valence-electron chi connectivity index (χ4n) is 6.73. The SMILES string of the molecule is C=N/C(=C\C(C1=CCCC=C1)c1ccccc1)c1cccc(C2CC=CC3Sc4c(ccc5ccccc45)C32)c1. The molecule has 0 radical (unpaired) electrons. The van der Waals surface area contributed by atoms with Crippen molar-refractivity contribution in [3.8, 4) is 0 Å². The summed E-state index contributed by atoms with van der Waals surface area (Å²) < 4.78 is 0. The zero-order valence-corrected chi connectivity index (χ0v) is 23.4. The predicted molar refractivity (Wildman–Crippen MR) is 172 cm³/mol. The summed E-state index contributed by atoms with van der Waals surface area (Å²) in [6, 6.07) is 33.4. The third kappa shape index (κ3) is 4.61. The molecule has 1 heterocycles. The molecule has 196 valence electrons.